The maximum atomic E-state index is 12.3. The number of nitrogens with one attached hydrogen (secondary N) is 1. The van der Waals surface area contributed by atoms with Crippen LogP contribution in [0.2, 0.25) is 0 Å². The predicted octanol–water partition coefficient (Wildman–Crippen LogP) is -1.61. The fourth-order valence-electron chi connectivity index (χ4n) is 2.28. The second-order valence-electron chi connectivity index (χ2n) is 5.07. The number of hydrogen-bond acceptors (Lipinski definition) is 5. The number of fused-ring (bicyclic) bond motifs is 1. The molecule has 0 aliphatic heterocycles. The first-order chi connectivity index (χ1) is 11.1. The van der Waals surface area contributed by atoms with Gasteiger partial charge in [0, 0.05) is 5.56 Å². The van der Waals surface area contributed by atoms with Crippen LogP contribution in [0.1, 0.15) is 15.9 Å². The number of benzene rings is 2. The van der Waals surface area contributed by atoms with Gasteiger partial charge < -0.3 is 15.2 Å². The third-order valence-corrected chi connectivity index (χ3v) is 4.26. The molecule has 3 aromatic rings. The summed E-state index contributed by atoms with van der Waals surface area (Å²) in [7, 11) is 0. The van der Waals surface area contributed by atoms with Crippen molar-refractivity contribution in [1.82, 2.24) is 10.3 Å². The van der Waals surface area contributed by atoms with Gasteiger partial charge in [0.1, 0.15) is 0 Å². The molecule has 0 aliphatic rings. The van der Waals surface area contributed by atoms with Gasteiger partial charge >= 0.3 is 29.6 Å². The van der Waals surface area contributed by atoms with Gasteiger partial charge in [0.05, 0.1) is 27.7 Å². The SMILES string of the molecule is O=C(NC(Cc1ccccc1)C(=O)[O-])c1ccc2ncsc2c1.[Na+]. The van der Waals surface area contributed by atoms with E-state index < -0.39 is 17.9 Å². The Kier molecular flexibility index (Phi) is 6.51. The Morgan fingerprint density at radius 2 is 1.92 bits per heavy atom. The largest absolute Gasteiger partial charge is 1.00 e. The second kappa shape index (κ2) is 8.39. The summed E-state index contributed by atoms with van der Waals surface area (Å²) >= 11 is 1.43. The number of thiazole rings is 1. The molecule has 5 nitrogen and oxygen atoms in total. The second-order valence-corrected chi connectivity index (χ2v) is 5.96. The normalized spacial score (nSPS) is 11.5. The molecule has 116 valence electrons. The number of hydrogen-bond donors (Lipinski definition) is 1. The van der Waals surface area contributed by atoms with Crippen LogP contribution in [0.4, 0.5) is 0 Å². The van der Waals surface area contributed by atoms with Crippen LogP contribution in [0.3, 0.4) is 0 Å². The van der Waals surface area contributed by atoms with Crippen LogP contribution in [0.15, 0.2) is 54.0 Å². The molecule has 0 bridgehead atoms. The summed E-state index contributed by atoms with van der Waals surface area (Å²) in [5, 5.41) is 13.8. The van der Waals surface area contributed by atoms with Crippen LogP contribution in [-0.4, -0.2) is 22.9 Å². The summed E-state index contributed by atoms with van der Waals surface area (Å²) in [6.07, 6.45) is 0.178. The summed E-state index contributed by atoms with van der Waals surface area (Å²) in [6.45, 7) is 0. The molecule has 0 fully saturated rings. The van der Waals surface area contributed by atoms with Crippen LogP contribution in [-0.2, 0) is 11.2 Å². The van der Waals surface area contributed by atoms with Gasteiger partial charge in [-0.05, 0) is 30.2 Å². The van der Waals surface area contributed by atoms with E-state index in [0.29, 0.717) is 5.56 Å². The molecule has 3 rings (SSSR count). The molecular weight excluding hydrogens is 335 g/mol. The van der Waals surface area contributed by atoms with Gasteiger partial charge in [-0.25, -0.2) is 4.98 Å². The molecule has 1 atom stereocenters. The molecule has 1 N–H and O–H groups in total. The zero-order valence-corrected chi connectivity index (χ0v) is 15.9. The molecule has 0 aliphatic carbocycles. The van der Waals surface area contributed by atoms with Crippen molar-refractivity contribution >= 4 is 33.4 Å². The van der Waals surface area contributed by atoms with Gasteiger partial charge in [-0.3, -0.25) is 4.79 Å². The minimum Gasteiger partial charge on any atom is -0.548 e. The molecule has 1 unspecified atom stereocenters. The van der Waals surface area contributed by atoms with Crippen molar-refractivity contribution in [2.45, 2.75) is 12.5 Å². The summed E-state index contributed by atoms with van der Waals surface area (Å²) < 4.78 is 0.880. The molecule has 2 aromatic carbocycles. The number of aliphatic carboxylic acids is 1. The first-order valence-electron chi connectivity index (χ1n) is 7.02. The summed E-state index contributed by atoms with van der Waals surface area (Å²) in [6, 6.07) is 13.1. The van der Waals surface area contributed by atoms with E-state index in [4.69, 9.17) is 0 Å². The van der Waals surface area contributed by atoms with Gasteiger partial charge in [0.2, 0.25) is 0 Å². The van der Waals surface area contributed by atoms with E-state index in [1.807, 2.05) is 30.3 Å². The van der Waals surface area contributed by atoms with E-state index in [9.17, 15) is 14.7 Å². The van der Waals surface area contributed by atoms with E-state index in [-0.39, 0.29) is 36.0 Å². The minimum absolute atomic E-state index is 0. The van der Waals surface area contributed by atoms with Crippen molar-refractivity contribution < 1.29 is 44.3 Å². The van der Waals surface area contributed by atoms with E-state index >= 15 is 0 Å². The van der Waals surface area contributed by atoms with Gasteiger partial charge in [0.15, 0.2) is 0 Å². The minimum atomic E-state index is -1.30. The van der Waals surface area contributed by atoms with Gasteiger partial charge in [0.25, 0.3) is 5.91 Å². The standard InChI is InChI=1S/C17H14N2O3S.Na/c20-16(12-6-7-13-15(9-12)23-10-18-13)19-14(17(21)22)8-11-4-2-1-3-5-11;/h1-7,9-10,14H,8H2,(H,19,20)(H,21,22);/q;+1/p-1. The Hall–Kier alpha value is -1.73. The van der Waals surface area contributed by atoms with Crippen LogP contribution >= 0.6 is 11.3 Å². The van der Waals surface area contributed by atoms with E-state index in [1.54, 1.807) is 23.7 Å². The predicted molar refractivity (Wildman–Crippen MR) is 86.0 cm³/mol. The first kappa shape index (κ1) is 18.6. The number of amides is 1. The monoisotopic (exact) mass is 348 g/mol. The molecule has 0 spiro atoms. The van der Waals surface area contributed by atoms with E-state index in [0.717, 1.165) is 15.8 Å². The Morgan fingerprint density at radius 3 is 2.62 bits per heavy atom. The third-order valence-electron chi connectivity index (χ3n) is 3.47. The fraction of sp³-hybridized carbons (Fsp3) is 0.118. The summed E-state index contributed by atoms with van der Waals surface area (Å²) in [5.74, 6) is -1.74. The molecule has 1 heterocycles. The van der Waals surface area contributed by atoms with Crippen molar-refractivity contribution in [3.8, 4) is 0 Å². The number of carboxylic acids is 1. The first-order valence-corrected chi connectivity index (χ1v) is 7.90. The maximum Gasteiger partial charge on any atom is 1.00 e. The Bertz CT molecular complexity index is 851. The molecular formula is C17H13N2NaO3S. The average Bonchev–Trinajstić information content (AvgIpc) is 3.02. The zero-order chi connectivity index (χ0) is 16.2. The number of nitrogens with zero attached hydrogens (tertiary/aromatic N) is 1. The van der Waals surface area contributed by atoms with Crippen molar-refractivity contribution in [2.75, 3.05) is 0 Å². The van der Waals surface area contributed by atoms with Gasteiger partial charge in [-0.15, -0.1) is 11.3 Å². The Morgan fingerprint density at radius 1 is 1.17 bits per heavy atom. The molecule has 7 heteroatoms. The quantitative estimate of drug-likeness (QED) is 0.563. The number of carbonyl (C=O) groups is 2. The summed E-state index contributed by atoms with van der Waals surface area (Å²) in [4.78, 5) is 27.8. The average molecular weight is 348 g/mol. The number of carbonyl (C=O) groups excluding carboxylic acids is 2. The zero-order valence-electron chi connectivity index (χ0n) is 13.1. The Labute approximate surface area is 165 Å². The van der Waals surface area contributed by atoms with Crippen LogP contribution in [0.25, 0.3) is 10.2 Å². The van der Waals surface area contributed by atoms with E-state index in [1.165, 1.54) is 11.3 Å². The summed E-state index contributed by atoms with van der Waals surface area (Å²) in [5.41, 5.74) is 3.74. The van der Waals surface area contributed by atoms with Gasteiger partial charge in [-0.2, -0.15) is 0 Å². The Balaban J connectivity index is 0.00000208. The molecule has 0 saturated heterocycles. The number of rotatable bonds is 5. The molecule has 24 heavy (non-hydrogen) atoms. The number of aromatic nitrogens is 1. The molecule has 1 aromatic heterocycles. The molecule has 1 amide bonds. The van der Waals surface area contributed by atoms with Gasteiger partial charge in [-0.1, -0.05) is 30.3 Å². The van der Waals surface area contributed by atoms with Crippen molar-refractivity contribution in [2.24, 2.45) is 0 Å². The van der Waals surface area contributed by atoms with Crippen LogP contribution in [0, 0.1) is 0 Å². The molecule has 0 radical (unpaired) electrons. The van der Waals surface area contributed by atoms with Crippen molar-refractivity contribution in [3.63, 3.8) is 0 Å². The fourth-order valence-corrected chi connectivity index (χ4v) is 3.00. The van der Waals surface area contributed by atoms with E-state index in [2.05, 4.69) is 10.3 Å². The topological polar surface area (TPSA) is 82.1 Å². The number of carboxylic acid groups (broad SMARTS) is 1. The van der Waals surface area contributed by atoms with Crippen LogP contribution in [0.5, 0.6) is 0 Å². The van der Waals surface area contributed by atoms with Crippen LogP contribution < -0.4 is 40.0 Å². The maximum absolute atomic E-state index is 12.3. The van der Waals surface area contributed by atoms with Crippen molar-refractivity contribution in [3.05, 3.63) is 65.2 Å². The van der Waals surface area contributed by atoms with Crippen molar-refractivity contribution in [1.29, 1.82) is 0 Å². The smallest absolute Gasteiger partial charge is 0.548 e. The third kappa shape index (κ3) is 4.42. The molecule has 0 saturated carbocycles.